The molecule has 1 amide bonds. The number of alkyl halides is 3. The molecule has 8 heteroatoms. The van der Waals surface area contributed by atoms with E-state index < -0.39 is 18.1 Å². The largest absolute Gasteiger partial charge is 0.495 e. The smallest absolute Gasteiger partial charge is 0.471 e. The Morgan fingerprint density at radius 1 is 1.32 bits per heavy atom. The number of ether oxygens (including phenoxy) is 1. The van der Waals surface area contributed by atoms with Crippen LogP contribution in [-0.2, 0) is 4.79 Å². The van der Waals surface area contributed by atoms with E-state index in [1.165, 1.54) is 6.92 Å². The number of benzene rings is 1. The Balaban J connectivity index is 3.19. The molecule has 0 spiro atoms. The highest BCUT2D eigenvalue weighted by Crippen LogP contribution is 2.30. The van der Waals surface area contributed by atoms with Crippen LogP contribution in [0.1, 0.15) is 15.9 Å². The molecular formula is C11H10F3NO4. The lowest BCUT2D eigenvalue weighted by Gasteiger charge is -2.13. The maximum atomic E-state index is 12.1. The molecule has 1 aromatic carbocycles. The van der Waals surface area contributed by atoms with Gasteiger partial charge in [0.25, 0.3) is 0 Å². The van der Waals surface area contributed by atoms with Crippen molar-refractivity contribution in [2.45, 2.75) is 13.1 Å². The highest BCUT2D eigenvalue weighted by atomic mass is 19.4. The molecule has 0 radical (unpaired) electrons. The van der Waals surface area contributed by atoms with E-state index in [-0.39, 0.29) is 22.6 Å². The van der Waals surface area contributed by atoms with Crippen molar-refractivity contribution in [2.75, 3.05) is 12.4 Å². The fourth-order valence-corrected chi connectivity index (χ4v) is 1.38. The molecule has 0 heterocycles. The predicted octanol–water partition coefficient (Wildman–Crippen LogP) is 2.20. The number of methoxy groups -OCH3 is 1. The number of hydrogen-bond acceptors (Lipinski definition) is 3. The van der Waals surface area contributed by atoms with Gasteiger partial charge in [-0.25, -0.2) is 4.79 Å². The first-order chi connectivity index (χ1) is 8.66. The number of carbonyl (C=O) groups is 2. The van der Waals surface area contributed by atoms with Crippen LogP contribution >= 0.6 is 0 Å². The second-order valence-electron chi connectivity index (χ2n) is 3.62. The van der Waals surface area contributed by atoms with Crippen molar-refractivity contribution in [1.29, 1.82) is 0 Å². The first-order valence-electron chi connectivity index (χ1n) is 4.97. The standard InChI is InChI=1S/C11H10F3NO4/c1-5-3-7(15-10(18)11(12,13)14)8(19-2)4-6(5)9(16)17/h3-4H,1-2H3,(H,15,18)(H,16,17). The van der Waals surface area contributed by atoms with Crippen molar-refractivity contribution in [3.05, 3.63) is 23.3 Å². The number of carboxylic acids is 1. The molecule has 0 fully saturated rings. The van der Waals surface area contributed by atoms with Gasteiger partial charge < -0.3 is 15.2 Å². The molecule has 2 N–H and O–H groups in total. The third-order valence-corrected chi connectivity index (χ3v) is 2.28. The Morgan fingerprint density at radius 2 is 1.89 bits per heavy atom. The molecular weight excluding hydrogens is 267 g/mol. The Hall–Kier alpha value is -2.25. The second-order valence-corrected chi connectivity index (χ2v) is 3.62. The average Bonchev–Trinajstić information content (AvgIpc) is 2.27. The van der Waals surface area contributed by atoms with Gasteiger partial charge >= 0.3 is 18.1 Å². The van der Waals surface area contributed by atoms with Gasteiger partial charge in [0.15, 0.2) is 0 Å². The van der Waals surface area contributed by atoms with E-state index in [9.17, 15) is 22.8 Å². The number of aryl methyl sites for hydroxylation is 1. The lowest BCUT2D eigenvalue weighted by Crippen LogP contribution is -2.30. The average molecular weight is 277 g/mol. The molecule has 0 saturated carbocycles. The summed E-state index contributed by atoms with van der Waals surface area (Å²) < 4.78 is 41.2. The number of amides is 1. The van der Waals surface area contributed by atoms with Gasteiger partial charge in [0.2, 0.25) is 0 Å². The molecule has 0 unspecified atom stereocenters. The van der Waals surface area contributed by atoms with Crippen LogP contribution in [0.5, 0.6) is 5.75 Å². The lowest BCUT2D eigenvalue weighted by atomic mass is 10.1. The van der Waals surface area contributed by atoms with Crippen LogP contribution in [0.15, 0.2) is 12.1 Å². The van der Waals surface area contributed by atoms with Gasteiger partial charge in [0, 0.05) is 0 Å². The first kappa shape index (κ1) is 14.8. The molecule has 0 atom stereocenters. The Bertz CT molecular complexity index is 525. The first-order valence-corrected chi connectivity index (χ1v) is 4.97. The summed E-state index contributed by atoms with van der Waals surface area (Å²) in [6.07, 6.45) is -5.04. The number of nitrogens with one attached hydrogen (secondary N) is 1. The van der Waals surface area contributed by atoms with Crippen LogP contribution in [0.2, 0.25) is 0 Å². The number of aromatic carboxylic acids is 1. The number of hydrogen-bond donors (Lipinski definition) is 2. The van der Waals surface area contributed by atoms with E-state index in [1.54, 1.807) is 5.32 Å². The van der Waals surface area contributed by atoms with Gasteiger partial charge in [-0.1, -0.05) is 0 Å². The maximum Gasteiger partial charge on any atom is 0.471 e. The minimum atomic E-state index is -5.04. The van der Waals surface area contributed by atoms with Crippen LogP contribution < -0.4 is 10.1 Å². The molecule has 1 rings (SSSR count). The van der Waals surface area contributed by atoms with Crippen LogP contribution in [0.25, 0.3) is 0 Å². The van der Waals surface area contributed by atoms with E-state index in [4.69, 9.17) is 9.84 Å². The summed E-state index contributed by atoms with van der Waals surface area (Å²) in [7, 11) is 1.15. The zero-order valence-electron chi connectivity index (χ0n) is 9.96. The van der Waals surface area contributed by atoms with E-state index in [0.29, 0.717) is 0 Å². The van der Waals surface area contributed by atoms with E-state index in [0.717, 1.165) is 19.2 Å². The maximum absolute atomic E-state index is 12.1. The highest BCUT2D eigenvalue weighted by molar-refractivity contribution is 5.98. The normalized spacial score (nSPS) is 11.0. The molecule has 0 aliphatic heterocycles. The van der Waals surface area contributed by atoms with Crippen molar-refractivity contribution in [2.24, 2.45) is 0 Å². The molecule has 104 valence electrons. The summed E-state index contributed by atoms with van der Waals surface area (Å²) in [5, 5.41) is 10.5. The van der Waals surface area contributed by atoms with Crippen LogP contribution in [0.3, 0.4) is 0 Å². The third kappa shape index (κ3) is 3.36. The van der Waals surface area contributed by atoms with E-state index >= 15 is 0 Å². The Morgan fingerprint density at radius 3 is 2.32 bits per heavy atom. The summed E-state index contributed by atoms with van der Waals surface area (Å²) in [6.45, 7) is 1.39. The van der Waals surface area contributed by atoms with Crippen molar-refractivity contribution < 1.29 is 32.6 Å². The van der Waals surface area contributed by atoms with Gasteiger partial charge in [-0.05, 0) is 24.6 Å². The topological polar surface area (TPSA) is 75.6 Å². The summed E-state index contributed by atoms with van der Waals surface area (Å²) in [5.74, 6) is -3.57. The number of anilines is 1. The van der Waals surface area contributed by atoms with Crippen molar-refractivity contribution >= 4 is 17.6 Å². The quantitative estimate of drug-likeness (QED) is 0.888. The van der Waals surface area contributed by atoms with Gasteiger partial charge in [-0.2, -0.15) is 13.2 Å². The van der Waals surface area contributed by atoms with Gasteiger partial charge in [-0.3, -0.25) is 4.79 Å². The minimum Gasteiger partial charge on any atom is -0.495 e. The summed E-state index contributed by atoms with van der Waals surface area (Å²) in [5.41, 5.74) is -0.167. The second kappa shape index (κ2) is 5.17. The summed E-state index contributed by atoms with van der Waals surface area (Å²) in [6, 6.07) is 2.15. The number of halogens is 3. The monoisotopic (exact) mass is 277 g/mol. The fourth-order valence-electron chi connectivity index (χ4n) is 1.38. The zero-order chi connectivity index (χ0) is 14.8. The summed E-state index contributed by atoms with van der Waals surface area (Å²) >= 11 is 0. The SMILES string of the molecule is COc1cc(C(=O)O)c(C)cc1NC(=O)C(F)(F)F. The van der Waals surface area contributed by atoms with Gasteiger partial charge in [-0.15, -0.1) is 0 Å². The van der Waals surface area contributed by atoms with Crippen LogP contribution in [-0.4, -0.2) is 30.3 Å². The van der Waals surface area contributed by atoms with Crippen LogP contribution in [0.4, 0.5) is 18.9 Å². The molecule has 0 saturated heterocycles. The lowest BCUT2D eigenvalue weighted by molar-refractivity contribution is -0.167. The van der Waals surface area contributed by atoms with E-state index in [2.05, 4.69) is 0 Å². The Labute approximate surface area is 106 Å². The Kier molecular flexibility index (Phi) is 4.03. The van der Waals surface area contributed by atoms with Gasteiger partial charge in [0.05, 0.1) is 18.4 Å². The molecule has 19 heavy (non-hydrogen) atoms. The molecule has 0 aromatic heterocycles. The third-order valence-electron chi connectivity index (χ3n) is 2.28. The van der Waals surface area contributed by atoms with Crippen molar-refractivity contribution in [3.63, 3.8) is 0 Å². The van der Waals surface area contributed by atoms with E-state index in [1.807, 2.05) is 0 Å². The van der Waals surface area contributed by atoms with Crippen molar-refractivity contribution in [3.8, 4) is 5.75 Å². The molecule has 0 aliphatic carbocycles. The van der Waals surface area contributed by atoms with Crippen molar-refractivity contribution in [1.82, 2.24) is 0 Å². The van der Waals surface area contributed by atoms with Gasteiger partial charge in [0.1, 0.15) is 5.75 Å². The summed E-state index contributed by atoms with van der Waals surface area (Å²) in [4.78, 5) is 21.7. The fraction of sp³-hybridized carbons (Fsp3) is 0.273. The molecule has 5 nitrogen and oxygen atoms in total. The number of rotatable bonds is 3. The highest BCUT2D eigenvalue weighted by Gasteiger charge is 2.39. The molecule has 1 aromatic rings. The zero-order valence-corrected chi connectivity index (χ0v) is 9.96. The molecule has 0 bridgehead atoms. The van der Waals surface area contributed by atoms with Crippen LogP contribution in [0, 0.1) is 6.92 Å². The minimum absolute atomic E-state index is 0.123. The number of carboxylic acid groups (broad SMARTS) is 1. The predicted molar refractivity (Wildman–Crippen MR) is 59.4 cm³/mol. The molecule has 0 aliphatic rings. The number of carbonyl (C=O) groups excluding carboxylic acids is 1.